The summed E-state index contributed by atoms with van der Waals surface area (Å²) in [7, 11) is 0. The summed E-state index contributed by atoms with van der Waals surface area (Å²) in [6.45, 7) is 6.32. The minimum Gasteiger partial charge on any atom is -0.388 e. The van der Waals surface area contributed by atoms with E-state index in [0.29, 0.717) is 26.2 Å². The molecule has 17 heavy (non-hydrogen) atoms. The van der Waals surface area contributed by atoms with Gasteiger partial charge in [-0.15, -0.1) is 6.58 Å². The first-order valence-electron chi connectivity index (χ1n) is 5.96. The molecule has 0 aromatic heterocycles. The molecule has 1 atom stereocenters. The Bertz CT molecular complexity index is 245. The first-order chi connectivity index (χ1) is 8.24. The Morgan fingerprint density at radius 3 is 2.88 bits per heavy atom. The average molecular weight is 243 g/mol. The highest BCUT2D eigenvalue weighted by Gasteiger charge is 2.19. The lowest BCUT2D eigenvalue weighted by molar-refractivity contribution is -0.128. The van der Waals surface area contributed by atoms with Gasteiger partial charge in [0.15, 0.2) is 0 Å². The number of aliphatic hydroxyl groups excluding tert-OH is 1. The van der Waals surface area contributed by atoms with Crippen LogP contribution in [0.5, 0.6) is 0 Å². The minimum atomic E-state index is -0.621. The van der Waals surface area contributed by atoms with E-state index in [1.807, 2.05) is 0 Å². The van der Waals surface area contributed by atoms with Crippen LogP contribution in [0.4, 0.5) is 0 Å². The van der Waals surface area contributed by atoms with E-state index in [9.17, 15) is 9.90 Å². The van der Waals surface area contributed by atoms with Gasteiger partial charge in [0.05, 0.1) is 26.4 Å². The number of ether oxygens (including phenoxy) is 2. The number of carbonyl (C=O) groups excluding carboxylic acids is 1. The maximum atomic E-state index is 11.3. The molecule has 1 rings (SSSR count). The van der Waals surface area contributed by atoms with Gasteiger partial charge < -0.3 is 19.5 Å². The largest absolute Gasteiger partial charge is 0.388 e. The van der Waals surface area contributed by atoms with Crippen molar-refractivity contribution < 1.29 is 19.4 Å². The van der Waals surface area contributed by atoms with Crippen LogP contribution in [0.2, 0.25) is 0 Å². The van der Waals surface area contributed by atoms with Gasteiger partial charge in [0, 0.05) is 19.5 Å². The monoisotopic (exact) mass is 243 g/mol. The molecule has 1 saturated heterocycles. The first-order valence-corrected chi connectivity index (χ1v) is 5.96. The van der Waals surface area contributed by atoms with Crippen molar-refractivity contribution in [1.29, 1.82) is 0 Å². The normalized spacial score (nSPS) is 17.5. The molecule has 0 spiro atoms. The maximum absolute atomic E-state index is 11.3. The molecule has 1 N–H and O–H groups in total. The van der Waals surface area contributed by atoms with Crippen LogP contribution in [-0.4, -0.2) is 61.5 Å². The van der Waals surface area contributed by atoms with Crippen molar-refractivity contribution in [3.63, 3.8) is 0 Å². The van der Waals surface area contributed by atoms with Crippen LogP contribution < -0.4 is 0 Å². The third-order valence-electron chi connectivity index (χ3n) is 2.53. The lowest BCUT2D eigenvalue weighted by Crippen LogP contribution is -2.30. The maximum Gasteiger partial charge on any atom is 0.222 e. The van der Waals surface area contributed by atoms with Gasteiger partial charge in [0.1, 0.15) is 6.10 Å². The van der Waals surface area contributed by atoms with Crippen molar-refractivity contribution in [2.75, 3.05) is 39.5 Å². The predicted molar refractivity (Wildman–Crippen MR) is 63.7 cm³/mol. The van der Waals surface area contributed by atoms with Crippen LogP contribution in [0.3, 0.4) is 0 Å². The average Bonchev–Trinajstić information content (AvgIpc) is 2.71. The number of nitrogens with zero attached hydrogens (tertiary/aromatic N) is 1. The molecule has 0 aromatic rings. The summed E-state index contributed by atoms with van der Waals surface area (Å²) >= 11 is 0. The van der Waals surface area contributed by atoms with E-state index in [2.05, 4.69) is 6.58 Å². The summed E-state index contributed by atoms with van der Waals surface area (Å²) in [6, 6.07) is 0. The molecule has 1 amide bonds. The van der Waals surface area contributed by atoms with Crippen LogP contribution in [0, 0.1) is 0 Å². The van der Waals surface area contributed by atoms with Gasteiger partial charge >= 0.3 is 0 Å². The van der Waals surface area contributed by atoms with Gasteiger partial charge in [-0.2, -0.15) is 0 Å². The highest BCUT2D eigenvalue weighted by Crippen LogP contribution is 2.08. The second-order valence-electron chi connectivity index (χ2n) is 4.04. The van der Waals surface area contributed by atoms with E-state index in [4.69, 9.17) is 9.47 Å². The highest BCUT2D eigenvalue weighted by atomic mass is 16.5. The molecular formula is C12H21NO4. The number of likely N-dealkylation sites (tertiary alicyclic amines) is 1. The Morgan fingerprint density at radius 2 is 2.24 bits per heavy atom. The smallest absolute Gasteiger partial charge is 0.222 e. The van der Waals surface area contributed by atoms with Crippen molar-refractivity contribution in [2.45, 2.75) is 18.9 Å². The predicted octanol–water partition coefficient (Wildman–Crippen LogP) is 0.189. The second kappa shape index (κ2) is 8.22. The molecule has 0 saturated carbocycles. The Balaban J connectivity index is 1.96. The van der Waals surface area contributed by atoms with E-state index in [-0.39, 0.29) is 19.1 Å². The fourth-order valence-corrected chi connectivity index (χ4v) is 1.67. The molecular weight excluding hydrogens is 222 g/mol. The van der Waals surface area contributed by atoms with Gasteiger partial charge in [-0.25, -0.2) is 0 Å². The third kappa shape index (κ3) is 5.81. The standard InChI is InChI=1S/C12H21NO4/c1-2-7-16-9-11(14)10-17-8-6-13-5-3-4-12(13)15/h2,11,14H,1,3-10H2. The van der Waals surface area contributed by atoms with Crippen LogP contribution in [-0.2, 0) is 14.3 Å². The summed E-state index contributed by atoms with van der Waals surface area (Å²) in [5, 5.41) is 9.45. The fourth-order valence-electron chi connectivity index (χ4n) is 1.67. The van der Waals surface area contributed by atoms with E-state index >= 15 is 0 Å². The molecule has 1 unspecified atom stereocenters. The molecule has 0 aliphatic carbocycles. The van der Waals surface area contributed by atoms with Gasteiger partial charge in [-0.1, -0.05) is 6.08 Å². The first kappa shape index (κ1) is 14.2. The Hall–Kier alpha value is -0.910. The van der Waals surface area contributed by atoms with E-state index < -0.39 is 6.10 Å². The Morgan fingerprint density at radius 1 is 1.47 bits per heavy atom. The van der Waals surface area contributed by atoms with E-state index in [0.717, 1.165) is 13.0 Å². The van der Waals surface area contributed by atoms with Crippen molar-refractivity contribution >= 4 is 5.91 Å². The molecule has 1 aliphatic heterocycles. The lowest BCUT2D eigenvalue weighted by atomic mass is 10.4. The molecule has 1 aliphatic rings. The SMILES string of the molecule is C=CCOCC(O)COCCN1CCCC1=O. The zero-order chi connectivity index (χ0) is 12.5. The van der Waals surface area contributed by atoms with Crippen LogP contribution in [0.25, 0.3) is 0 Å². The Kier molecular flexibility index (Phi) is 6.84. The van der Waals surface area contributed by atoms with Crippen LogP contribution in [0.15, 0.2) is 12.7 Å². The molecule has 5 heteroatoms. The van der Waals surface area contributed by atoms with E-state index in [1.165, 1.54) is 0 Å². The number of rotatable bonds is 9. The summed E-state index contributed by atoms with van der Waals surface area (Å²) in [5.41, 5.74) is 0. The summed E-state index contributed by atoms with van der Waals surface area (Å²) < 4.78 is 10.4. The van der Waals surface area contributed by atoms with Gasteiger partial charge in [0.2, 0.25) is 5.91 Å². The van der Waals surface area contributed by atoms with Crippen molar-refractivity contribution in [2.24, 2.45) is 0 Å². The van der Waals surface area contributed by atoms with Gasteiger partial charge in [0.25, 0.3) is 0 Å². The zero-order valence-electron chi connectivity index (χ0n) is 10.1. The number of aliphatic hydroxyl groups is 1. The van der Waals surface area contributed by atoms with Gasteiger partial charge in [-0.3, -0.25) is 4.79 Å². The molecule has 98 valence electrons. The number of carbonyl (C=O) groups is 1. The molecule has 0 bridgehead atoms. The fraction of sp³-hybridized carbons (Fsp3) is 0.750. The van der Waals surface area contributed by atoms with Crippen LogP contribution in [0.1, 0.15) is 12.8 Å². The number of amides is 1. The third-order valence-corrected chi connectivity index (χ3v) is 2.53. The topological polar surface area (TPSA) is 59.0 Å². The van der Waals surface area contributed by atoms with Crippen LogP contribution >= 0.6 is 0 Å². The van der Waals surface area contributed by atoms with E-state index in [1.54, 1.807) is 11.0 Å². The number of hydrogen-bond donors (Lipinski definition) is 1. The molecule has 1 heterocycles. The molecule has 1 fully saturated rings. The lowest BCUT2D eigenvalue weighted by Gasteiger charge is -2.16. The summed E-state index contributed by atoms with van der Waals surface area (Å²) in [5.74, 6) is 0.198. The quantitative estimate of drug-likeness (QED) is 0.464. The molecule has 0 aromatic carbocycles. The Labute approximate surface area is 102 Å². The molecule has 5 nitrogen and oxygen atoms in total. The molecule has 0 radical (unpaired) electrons. The minimum absolute atomic E-state index is 0.198. The summed E-state index contributed by atoms with van der Waals surface area (Å²) in [4.78, 5) is 13.1. The highest BCUT2D eigenvalue weighted by molar-refractivity contribution is 5.77. The van der Waals surface area contributed by atoms with Crippen molar-refractivity contribution in [3.8, 4) is 0 Å². The van der Waals surface area contributed by atoms with Crippen molar-refractivity contribution in [3.05, 3.63) is 12.7 Å². The number of hydrogen-bond acceptors (Lipinski definition) is 4. The van der Waals surface area contributed by atoms with Crippen molar-refractivity contribution in [1.82, 2.24) is 4.90 Å². The van der Waals surface area contributed by atoms with Gasteiger partial charge in [-0.05, 0) is 6.42 Å². The summed E-state index contributed by atoms with van der Waals surface area (Å²) in [6.07, 6.45) is 2.60. The zero-order valence-corrected chi connectivity index (χ0v) is 10.1. The second-order valence-corrected chi connectivity index (χ2v) is 4.04.